The predicted molar refractivity (Wildman–Crippen MR) is 62.8 cm³/mol. The van der Waals surface area contributed by atoms with E-state index in [1.54, 1.807) is 26.0 Å². The summed E-state index contributed by atoms with van der Waals surface area (Å²) in [6.45, 7) is 1.72. The summed E-state index contributed by atoms with van der Waals surface area (Å²) in [5, 5.41) is 10.3. The summed E-state index contributed by atoms with van der Waals surface area (Å²) in [5.41, 5.74) is 2.00. The Morgan fingerprint density at radius 1 is 1.28 bits per heavy atom. The molecule has 0 amide bonds. The van der Waals surface area contributed by atoms with E-state index in [4.69, 9.17) is 11.6 Å². The fourth-order valence-corrected chi connectivity index (χ4v) is 1.76. The van der Waals surface area contributed by atoms with Gasteiger partial charge in [-0.15, -0.1) is 0 Å². The molecule has 0 aromatic heterocycles. The maximum absolute atomic E-state index is 11.9. The monoisotopic (exact) mass is 282 g/mol. The standard InChI is InChI=1S/C12H14ClF3O2/c1-7-4-10(13)8(2)3-9(7)11(17)5-18-6-12(14,15)16/h3-4,11,17H,5-6H2,1-2H3. The molecule has 1 atom stereocenters. The summed E-state index contributed by atoms with van der Waals surface area (Å²) < 4.78 is 40.1. The quantitative estimate of drug-likeness (QED) is 0.915. The maximum atomic E-state index is 11.9. The molecule has 2 nitrogen and oxygen atoms in total. The van der Waals surface area contributed by atoms with E-state index in [0.29, 0.717) is 16.1 Å². The molecule has 102 valence electrons. The fourth-order valence-electron chi connectivity index (χ4n) is 1.54. The molecule has 1 unspecified atom stereocenters. The van der Waals surface area contributed by atoms with Crippen LogP contribution in [-0.2, 0) is 4.74 Å². The zero-order chi connectivity index (χ0) is 13.9. The van der Waals surface area contributed by atoms with Crippen LogP contribution in [-0.4, -0.2) is 24.5 Å². The van der Waals surface area contributed by atoms with Gasteiger partial charge in [0.2, 0.25) is 0 Å². The van der Waals surface area contributed by atoms with Crippen molar-refractivity contribution in [1.29, 1.82) is 0 Å². The third-order valence-corrected chi connectivity index (χ3v) is 2.85. The summed E-state index contributed by atoms with van der Waals surface area (Å²) in [6.07, 6.45) is -5.48. The van der Waals surface area contributed by atoms with E-state index in [-0.39, 0.29) is 0 Å². The van der Waals surface area contributed by atoms with Gasteiger partial charge in [0.1, 0.15) is 12.7 Å². The smallest absolute Gasteiger partial charge is 0.386 e. The third kappa shape index (κ3) is 4.48. The summed E-state index contributed by atoms with van der Waals surface area (Å²) in [7, 11) is 0. The minimum atomic E-state index is -4.38. The highest BCUT2D eigenvalue weighted by Gasteiger charge is 2.28. The van der Waals surface area contributed by atoms with E-state index < -0.39 is 25.5 Å². The van der Waals surface area contributed by atoms with Crippen molar-refractivity contribution in [1.82, 2.24) is 0 Å². The van der Waals surface area contributed by atoms with Gasteiger partial charge in [0.05, 0.1) is 6.61 Å². The van der Waals surface area contributed by atoms with Crippen LogP contribution in [0, 0.1) is 13.8 Å². The van der Waals surface area contributed by atoms with Crippen LogP contribution >= 0.6 is 11.6 Å². The van der Waals surface area contributed by atoms with E-state index in [9.17, 15) is 18.3 Å². The molecule has 0 fully saturated rings. The number of rotatable bonds is 4. The zero-order valence-corrected chi connectivity index (χ0v) is 10.8. The molecule has 6 heteroatoms. The molecule has 0 bridgehead atoms. The Balaban J connectivity index is 2.67. The summed E-state index contributed by atoms with van der Waals surface area (Å²) in [4.78, 5) is 0. The van der Waals surface area contributed by atoms with Crippen molar-refractivity contribution in [2.24, 2.45) is 0 Å². The molecule has 0 heterocycles. The lowest BCUT2D eigenvalue weighted by molar-refractivity contribution is -0.179. The Hall–Kier alpha value is -0.780. The first-order valence-corrected chi connectivity index (χ1v) is 5.67. The maximum Gasteiger partial charge on any atom is 0.411 e. The second-order valence-electron chi connectivity index (χ2n) is 4.10. The average molecular weight is 283 g/mol. The molecule has 0 saturated carbocycles. The minimum Gasteiger partial charge on any atom is -0.386 e. The summed E-state index contributed by atoms with van der Waals surface area (Å²) in [5.74, 6) is 0. The van der Waals surface area contributed by atoms with Crippen LogP contribution < -0.4 is 0 Å². The first kappa shape index (κ1) is 15.3. The third-order valence-electron chi connectivity index (χ3n) is 2.45. The van der Waals surface area contributed by atoms with Crippen LogP contribution in [0.5, 0.6) is 0 Å². The van der Waals surface area contributed by atoms with Crippen LogP contribution in [0.15, 0.2) is 12.1 Å². The number of benzene rings is 1. The number of hydrogen-bond donors (Lipinski definition) is 1. The highest BCUT2D eigenvalue weighted by molar-refractivity contribution is 6.31. The van der Waals surface area contributed by atoms with Crippen molar-refractivity contribution in [3.05, 3.63) is 33.8 Å². The van der Waals surface area contributed by atoms with Crippen molar-refractivity contribution >= 4 is 11.6 Å². The SMILES string of the molecule is Cc1cc(C(O)COCC(F)(F)F)c(C)cc1Cl. The number of aryl methyl sites for hydroxylation is 2. The molecular weight excluding hydrogens is 269 g/mol. The molecule has 18 heavy (non-hydrogen) atoms. The fraction of sp³-hybridized carbons (Fsp3) is 0.500. The Kier molecular flexibility index (Phi) is 5.01. The second kappa shape index (κ2) is 5.91. The van der Waals surface area contributed by atoms with E-state index >= 15 is 0 Å². The van der Waals surface area contributed by atoms with Crippen molar-refractivity contribution in [2.45, 2.75) is 26.1 Å². The molecular formula is C12H14ClF3O2. The Labute approximate surface area is 108 Å². The van der Waals surface area contributed by atoms with Gasteiger partial charge >= 0.3 is 6.18 Å². The van der Waals surface area contributed by atoms with Crippen molar-refractivity contribution in [2.75, 3.05) is 13.2 Å². The second-order valence-corrected chi connectivity index (χ2v) is 4.51. The molecule has 1 aromatic rings. The predicted octanol–water partition coefficient (Wildman–Crippen LogP) is 3.57. The van der Waals surface area contributed by atoms with Gasteiger partial charge in [-0.1, -0.05) is 17.7 Å². The number of halogens is 4. The number of ether oxygens (including phenoxy) is 1. The van der Waals surface area contributed by atoms with E-state index in [1.165, 1.54) is 0 Å². The molecule has 0 aliphatic rings. The van der Waals surface area contributed by atoms with Gasteiger partial charge < -0.3 is 9.84 Å². The Bertz CT molecular complexity index is 419. The van der Waals surface area contributed by atoms with Crippen LogP contribution in [0.25, 0.3) is 0 Å². The zero-order valence-electron chi connectivity index (χ0n) is 10.0. The minimum absolute atomic E-state index is 0.401. The van der Waals surface area contributed by atoms with Gasteiger partial charge in [0.25, 0.3) is 0 Å². The molecule has 0 radical (unpaired) electrons. The molecule has 0 aliphatic carbocycles. The van der Waals surface area contributed by atoms with Crippen LogP contribution in [0.1, 0.15) is 22.8 Å². The Morgan fingerprint density at radius 3 is 2.44 bits per heavy atom. The molecule has 1 aromatic carbocycles. The summed E-state index contributed by atoms with van der Waals surface area (Å²) >= 11 is 5.89. The number of alkyl halides is 3. The lowest BCUT2D eigenvalue weighted by Gasteiger charge is -2.16. The van der Waals surface area contributed by atoms with Gasteiger partial charge in [-0.05, 0) is 36.6 Å². The van der Waals surface area contributed by atoms with Gasteiger partial charge in [-0.25, -0.2) is 0 Å². The summed E-state index contributed by atoms with van der Waals surface area (Å²) in [6, 6.07) is 3.32. The first-order valence-electron chi connectivity index (χ1n) is 5.30. The van der Waals surface area contributed by atoms with E-state index in [1.807, 2.05) is 0 Å². The largest absolute Gasteiger partial charge is 0.411 e. The van der Waals surface area contributed by atoms with Gasteiger partial charge in [-0.2, -0.15) is 13.2 Å². The first-order chi connectivity index (χ1) is 8.20. The number of aliphatic hydroxyl groups is 1. The Morgan fingerprint density at radius 2 is 1.89 bits per heavy atom. The molecule has 1 N–H and O–H groups in total. The average Bonchev–Trinajstić information content (AvgIpc) is 2.21. The lowest BCUT2D eigenvalue weighted by Crippen LogP contribution is -2.20. The van der Waals surface area contributed by atoms with Crippen LogP contribution in [0.3, 0.4) is 0 Å². The number of hydrogen-bond acceptors (Lipinski definition) is 2. The van der Waals surface area contributed by atoms with Gasteiger partial charge in [0, 0.05) is 5.02 Å². The highest BCUT2D eigenvalue weighted by Crippen LogP contribution is 2.25. The molecule has 0 aliphatic heterocycles. The van der Waals surface area contributed by atoms with Crippen molar-refractivity contribution < 1.29 is 23.0 Å². The van der Waals surface area contributed by atoms with Gasteiger partial charge in [-0.3, -0.25) is 0 Å². The molecule has 0 saturated heterocycles. The van der Waals surface area contributed by atoms with Crippen LogP contribution in [0.2, 0.25) is 5.02 Å². The highest BCUT2D eigenvalue weighted by atomic mass is 35.5. The van der Waals surface area contributed by atoms with Crippen molar-refractivity contribution in [3.63, 3.8) is 0 Å². The number of aliphatic hydroxyl groups excluding tert-OH is 1. The van der Waals surface area contributed by atoms with E-state index in [2.05, 4.69) is 4.74 Å². The van der Waals surface area contributed by atoms with Crippen molar-refractivity contribution in [3.8, 4) is 0 Å². The molecule has 0 spiro atoms. The molecule has 1 rings (SSSR count). The normalized spacial score (nSPS) is 13.7. The topological polar surface area (TPSA) is 29.5 Å². The van der Waals surface area contributed by atoms with Gasteiger partial charge in [0.15, 0.2) is 0 Å². The van der Waals surface area contributed by atoms with Crippen LogP contribution in [0.4, 0.5) is 13.2 Å². The lowest BCUT2D eigenvalue weighted by atomic mass is 10.0. The van der Waals surface area contributed by atoms with E-state index in [0.717, 1.165) is 5.56 Å².